The number of benzene rings is 2. The lowest BCUT2D eigenvalue weighted by molar-refractivity contribution is -0.139. The topological polar surface area (TPSA) is 72.3 Å². The summed E-state index contributed by atoms with van der Waals surface area (Å²) in [4.78, 5) is 20.9. The molecule has 160 valence electrons. The van der Waals surface area contributed by atoms with Gasteiger partial charge in [-0.05, 0) is 31.2 Å². The number of halogens is 3. The van der Waals surface area contributed by atoms with Crippen LogP contribution in [0.3, 0.4) is 0 Å². The molecule has 2 aromatic carbocycles. The molecule has 5 nitrogen and oxygen atoms in total. The van der Waals surface area contributed by atoms with Crippen molar-refractivity contribution in [1.82, 2.24) is 9.97 Å². The van der Waals surface area contributed by atoms with Gasteiger partial charge < -0.3 is 9.84 Å². The first-order valence-corrected chi connectivity index (χ1v) is 10.7. The fraction of sp³-hybridized carbons (Fsp3) is 0.190. The zero-order valence-electron chi connectivity index (χ0n) is 16.1. The summed E-state index contributed by atoms with van der Waals surface area (Å²) in [6.45, 7) is 1.41. The number of carboxylic acid groups (broad SMARTS) is 1. The highest BCUT2D eigenvalue weighted by atomic mass is 32.1. The lowest BCUT2D eigenvalue weighted by Crippen LogP contribution is -2.09. The fourth-order valence-electron chi connectivity index (χ4n) is 2.96. The van der Waals surface area contributed by atoms with Crippen molar-refractivity contribution in [2.45, 2.75) is 19.5 Å². The molecule has 10 heteroatoms. The molecule has 0 radical (unpaired) electrons. The van der Waals surface area contributed by atoms with E-state index in [0.717, 1.165) is 32.4 Å². The van der Waals surface area contributed by atoms with Crippen molar-refractivity contribution in [1.29, 1.82) is 0 Å². The van der Waals surface area contributed by atoms with Crippen LogP contribution in [0.4, 0.5) is 13.2 Å². The van der Waals surface area contributed by atoms with Gasteiger partial charge in [0, 0.05) is 16.9 Å². The van der Waals surface area contributed by atoms with Crippen molar-refractivity contribution in [2.24, 2.45) is 0 Å². The third-order valence-electron chi connectivity index (χ3n) is 4.44. The maximum Gasteiger partial charge on any atom is 0.416 e. The number of para-hydroxylation sites is 1. The summed E-state index contributed by atoms with van der Waals surface area (Å²) >= 11 is 2.89. The Hall–Kier alpha value is -2.98. The Balaban J connectivity index is 1.58. The monoisotopic (exact) mass is 464 g/mol. The van der Waals surface area contributed by atoms with Crippen LogP contribution in [0.1, 0.15) is 21.1 Å². The smallest absolute Gasteiger partial charge is 0.416 e. The van der Waals surface area contributed by atoms with E-state index in [1.807, 2.05) is 13.0 Å². The van der Waals surface area contributed by atoms with Crippen LogP contribution in [0.25, 0.3) is 20.8 Å². The molecule has 4 rings (SSSR count). The van der Waals surface area contributed by atoms with Gasteiger partial charge in [-0.2, -0.15) is 13.2 Å². The predicted molar refractivity (Wildman–Crippen MR) is 113 cm³/mol. The minimum atomic E-state index is -4.37. The Morgan fingerprint density at radius 3 is 2.52 bits per heavy atom. The minimum absolute atomic E-state index is 0.411. The molecule has 0 saturated carbocycles. The molecule has 0 fully saturated rings. The number of nitrogens with zero attached hydrogens (tertiary/aromatic N) is 2. The average Bonchev–Trinajstić information content (AvgIpc) is 3.29. The molecule has 0 unspecified atom stereocenters. The van der Waals surface area contributed by atoms with E-state index >= 15 is 0 Å². The molecule has 4 aromatic rings. The van der Waals surface area contributed by atoms with Gasteiger partial charge in [-0.15, -0.1) is 22.7 Å². The molecule has 0 bridgehead atoms. The van der Waals surface area contributed by atoms with Crippen LogP contribution in [0.15, 0.2) is 42.5 Å². The Bertz CT molecular complexity index is 1250. The Kier molecular flexibility index (Phi) is 5.67. The molecule has 1 N–H and O–H groups in total. The number of alkyl halides is 3. The van der Waals surface area contributed by atoms with Crippen molar-refractivity contribution in [2.75, 3.05) is 6.61 Å². The summed E-state index contributed by atoms with van der Waals surface area (Å²) in [6, 6.07) is 10.3. The van der Waals surface area contributed by atoms with Gasteiger partial charge in [0.2, 0.25) is 0 Å². The van der Waals surface area contributed by atoms with Gasteiger partial charge in [0.1, 0.15) is 16.3 Å². The molecule has 2 heterocycles. The predicted octanol–water partition coefficient (Wildman–Crippen LogP) is 5.80. The minimum Gasteiger partial charge on any atom is -0.480 e. The molecule has 0 atom stereocenters. The van der Waals surface area contributed by atoms with Crippen LogP contribution in [0.2, 0.25) is 0 Å². The molecule has 2 aromatic heterocycles. The number of aromatic nitrogens is 2. The van der Waals surface area contributed by atoms with E-state index in [1.54, 1.807) is 12.1 Å². The zero-order chi connectivity index (χ0) is 22.2. The maximum atomic E-state index is 12.8. The molecule has 0 saturated heterocycles. The second-order valence-corrected chi connectivity index (χ2v) is 8.87. The first-order chi connectivity index (χ1) is 14.7. The highest BCUT2D eigenvalue weighted by molar-refractivity contribution is 7.19. The van der Waals surface area contributed by atoms with Crippen LogP contribution in [0.5, 0.6) is 5.75 Å². The number of rotatable bonds is 6. The van der Waals surface area contributed by atoms with Crippen molar-refractivity contribution in [3.8, 4) is 16.3 Å². The molecule has 0 aliphatic carbocycles. The Morgan fingerprint density at radius 2 is 1.84 bits per heavy atom. The molecule has 0 spiro atoms. The Labute approximate surface area is 182 Å². The maximum absolute atomic E-state index is 12.8. The van der Waals surface area contributed by atoms with E-state index < -0.39 is 24.3 Å². The number of fused-ring (bicyclic) bond motifs is 1. The second-order valence-electron chi connectivity index (χ2n) is 6.67. The van der Waals surface area contributed by atoms with Crippen LogP contribution >= 0.6 is 22.7 Å². The standard InChI is InChI=1S/C21H15F3N2O3S2/c1-11-16(31-20(25-11)12-5-7-13(8-6-12)21(22,23)24)9-17-26-19-14(29-10-18(27)28)3-2-4-15(19)30-17/h2-8H,9-10H2,1H3,(H,27,28). The van der Waals surface area contributed by atoms with Crippen LogP contribution in [-0.4, -0.2) is 27.7 Å². The summed E-state index contributed by atoms with van der Waals surface area (Å²) in [5.41, 5.74) is 1.33. The second kappa shape index (κ2) is 8.27. The number of carbonyl (C=O) groups is 1. The number of ether oxygens (including phenoxy) is 1. The molecular formula is C21H15F3N2O3S2. The number of aryl methyl sites for hydroxylation is 1. The Morgan fingerprint density at radius 1 is 1.10 bits per heavy atom. The molecule has 0 aliphatic rings. The van der Waals surface area contributed by atoms with Crippen molar-refractivity contribution < 1.29 is 27.8 Å². The third-order valence-corrected chi connectivity index (χ3v) is 6.67. The largest absolute Gasteiger partial charge is 0.480 e. The number of hydrogen-bond acceptors (Lipinski definition) is 6. The van der Waals surface area contributed by atoms with Gasteiger partial charge >= 0.3 is 12.1 Å². The van der Waals surface area contributed by atoms with Crippen molar-refractivity contribution in [3.05, 3.63) is 63.6 Å². The lowest BCUT2D eigenvalue weighted by atomic mass is 10.1. The normalized spacial score (nSPS) is 11.7. The van der Waals surface area contributed by atoms with E-state index in [2.05, 4.69) is 9.97 Å². The van der Waals surface area contributed by atoms with E-state index in [-0.39, 0.29) is 0 Å². The van der Waals surface area contributed by atoms with Gasteiger partial charge in [0.05, 0.1) is 21.0 Å². The van der Waals surface area contributed by atoms with Gasteiger partial charge in [-0.3, -0.25) is 0 Å². The first kappa shape index (κ1) is 21.3. The number of hydrogen-bond donors (Lipinski definition) is 1. The van der Waals surface area contributed by atoms with Gasteiger partial charge in [0.25, 0.3) is 0 Å². The summed E-state index contributed by atoms with van der Waals surface area (Å²) in [7, 11) is 0. The van der Waals surface area contributed by atoms with E-state index in [4.69, 9.17) is 9.84 Å². The van der Waals surface area contributed by atoms with Gasteiger partial charge in [-0.1, -0.05) is 18.2 Å². The highest BCUT2D eigenvalue weighted by Crippen LogP contribution is 2.35. The van der Waals surface area contributed by atoms with E-state index in [9.17, 15) is 18.0 Å². The summed E-state index contributed by atoms with van der Waals surface area (Å²) in [5.74, 6) is -0.655. The lowest BCUT2D eigenvalue weighted by Gasteiger charge is -2.06. The summed E-state index contributed by atoms with van der Waals surface area (Å²) in [5, 5.41) is 10.3. The highest BCUT2D eigenvalue weighted by Gasteiger charge is 2.30. The summed E-state index contributed by atoms with van der Waals surface area (Å²) in [6.07, 6.45) is -3.86. The van der Waals surface area contributed by atoms with Crippen molar-refractivity contribution >= 4 is 38.9 Å². The first-order valence-electron chi connectivity index (χ1n) is 9.07. The van der Waals surface area contributed by atoms with Crippen LogP contribution < -0.4 is 4.74 Å². The van der Waals surface area contributed by atoms with Crippen molar-refractivity contribution in [3.63, 3.8) is 0 Å². The zero-order valence-corrected chi connectivity index (χ0v) is 17.7. The molecule has 0 amide bonds. The molecule has 31 heavy (non-hydrogen) atoms. The number of aliphatic carboxylic acids is 1. The van der Waals surface area contributed by atoms with E-state index in [0.29, 0.717) is 28.3 Å². The van der Waals surface area contributed by atoms with Gasteiger partial charge in [-0.25, -0.2) is 14.8 Å². The summed E-state index contributed by atoms with van der Waals surface area (Å²) < 4.78 is 44.5. The fourth-order valence-corrected chi connectivity index (χ4v) is 5.12. The van der Waals surface area contributed by atoms with Gasteiger partial charge in [0.15, 0.2) is 6.61 Å². The quantitative estimate of drug-likeness (QED) is 0.390. The number of thiazole rings is 2. The molecular weight excluding hydrogens is 449 g/mol. The number of carboxylic acids is 1. The third kappa shape index (κ3) is 4.70. The van der Waals surface area contributed by atoms with Crippen LogP contribution in [0, 0.1) is 6.92 Å². The molecule has 0 aliphatic heterocycles. The average molecular weight is 464 g/mol. The van der Waals surface area contributed by atoms with E-state index in [1.165, 1.54) is 34.8 Å². The SMILES string of the molecule is Cc1nc(-c2ccc(C(F)(F)F)cc2)sc1Cc1nc2c(OCC(=O)O)cccc2s1. The van der Waals surface area contributed by atoms with Crippen LogP contribution in [-0.2, 0) is 17.4 Å².